The molecule has 0 aromatic rings. The van der Waals surface area contributed by atoms with Crippen LogP contribution in [-0.2, 0) is 9.63 Å². The summed E-state index contributed by atoms with van der Waals surface area (Å²) in [5.41, 5.74) is 0.0726. The van der Waals surface area contributed by atoms with E-state index in [9.17, 15) is 9.90 Å². The van der Waals surface area contributed by atoms with Crippen LogP contribution in [0.3, 0.4) is 0 Å². The molecule has 1 aliphatic rings. The van der Waals surface area contributed by atoms with E-state index >= 15 is 0 Å². The Morgan fingerprint density at radius 2 is 2.21 bits per heavy atom. The van der Waals surface area contributed by atoms with Crippen molar-refractivity contribution >= 4 is 5.94 Å². The summed E-state index contributed by atoms with van der Waals surface area (Å²) in [7, 11) is 0. The number of rotatable bonds is 1. The quantitative estimate of drug-likeness (QED) is 0.637. The first-order valence-corrected chi connectivity index (χ1v) is 4.81. The van der Waals surface area contributed by atoms with Crippen molar-refractivity contribution in [1.29, 1.82) is 0 Å². The van der Waals surface area contributed by atoms with Gasteiger partial charge in [0.25, 0.3) is 0 Å². The molecule has 0 bridgehead atoms. The molecule has 0 radical (unpaired) electrons. The molecule has 1 heterocycles. The Hall–Kier alpha value is -0.830. The van der Waals surface area contributed by atoms with Crippen molar-refractivity contribution in [3.63, 3.8) is 0 Å². The summed E-state index contributed by atoms with van der Waals surface area (Å²) in [6.07, 6.45) is 0.521. The highest BCUT2D eigenvalue weighted by atomic mass is 16.7. The minimum absolute atomic E-state index is 0.329. The molecule has 4 heteroatoms. The zero-order valence-corrected chi connectivity index (χ0v) is 8.91. The second kappa shape index (κ2) is 4.13. The molecule has 0 amide bonds. The minimum Gasteiger partial charge on any atom is -0.393 e. The van der Waals surface area contributed by atoms with Crippen LogP contribution in [0.2, 0.25) is 0 Å². The van der Waals surface area contributed by atoms with Gasteiger partial charge in [-0.15, -0.1) is 0 Å². The largest absolute Gasteiger partial charge is 0.393 e. The van der Waals surface area contributed by atoms with E-state index in [1.165, 1.54) is 0 Å². The molecule has 0 aromatic heterocycles. The molecule has 1 aliphatic heterocycles. The maximum atomic E-state index is 10.6. The zero-order chi connectivity index (χ0) is 10.8. The maximum absolute atomic E-state index is 10.6. The van der Waals surface area contributed by atoms with Crippen LogP contribution in [0.4, 0.5) is 0 Å². The molecule has 80 valence electrons. The first-order valence-electron chi connectivity index (χ1n) is 4.81. The number of nitrogens with zero attached hydrogens (tertiary/aromatic N) is 1. The lowest BCUT2D eigenvalue weighted by atomic mass is 10.1. The fourth-order valence-electron chi connectivity index (χ4n) is 1.35. The van der Waals surface area contributed by atoms with Crippen LogP contribution in [0.5, 0.6) is 0 Å². The number of hydroxylamine groups is 2. The average Bonchev–Trinajstić information content (AvgIpc) is 2.06. The van der Waals surface area contributed by atoms with Gasteiger partial charge in [-0.3, -0.25) is 4.84 Å². The minimum atomic E-state index is -0.439. The van der Waals surface area contributed by atoms with E-state index in [4.69, 9.17) is 4.84 Å². The van der Waals surface area contributed by atoms with Gasteiger partial charge in [-0.2, -0.15) is 0 Å². The van der Waals surface area contributed by atoms with E-state index in [-0.39, 0.29) is 5.60 Å². The molecule has 1 unspecified atom stereocenters. The third kappa shape index (κ3) is 3.14. The van der Waals surface area contributed by atoms with Gasteiger partial charge in [-0.25, -0.2) is 9.86 Å². The highest BCUT2D eigenvalue weighted by molar-refractivity contribution is 5.51. The van der Waals surface area contributed by atoms with Crippen LogP contribution in [0.15, 0.2) is 5.70 Å². The highest BCUT2D eigenvalue weighted by Gasteiger charge is 2.26. The number of aliphatic hydroxyl groups excluding tert-OH is 1. The van der Waals surface area contributed by atoms with Crippen molar-refractivity contribution in [3.8, 4) is 0 Å². The Morgan fingerprint density at radius 1 is 1.57 bits per heavy atom. The van der Waals surface area contributed by atoms with Crippen molar-refractivity contribution < 1.29 is 14.7 Å². The molecule has 1 atom stereocenters. The molecule has 0 aliphatic carbocycles. The van der Waals surface area contributed by atoms with Crippen molar-refractivity contribution in [1.82, 2.24) is 5.06 Å². The summed E-state index contributed by atoms with van der Waals surface area (Å²) in [6.45, 7) is 6.30. The molecule has 1 N–H and O–H groups in total. The first-order chi connectivity index (χ1) is 6.42. The average molecular weight is 199 g/mol. The van der Waals surface area contributed by atoms with E-state index in [0.29, 0.717) is 25.1 Å². The van der Waals surface area contributed by atoms with Gasteiger partial charge in [0, 0.05) is 13.0 Å². The van der Waals surface area contributed by atoms with Gasteiger partial charge in [-0.05, 0) is 27.2 Å². The molecule has 1 fully saturated rings. The highest BCUT2D eigenvalue weighted by Crippen LogP contribution is 2.22. The Labute approximate surface area is 84.1 Å². The van der Waals surface area contributed by atoms with Gasteiger partial charge >= 0.3 is 0 Å². The monoisotopic (exact) mass is 199 g/mol. The van der Waals surface area contributed by atoms with Crippen molar-refractivity contribution in [2.45, 2.75) is 45.3 Å². The van der Waals surface area contributed by atoms with Crippen LogP contribution in [-0.4, -0.2) is 34.4 Å². The Balaban J connectivity index is 2.65. The molecular formula is C10H17NO3. The molecular weight excluding hydrogens is 182 g/mol. The first kappa shape index (κ1) is 11.2. The Morgan fingerprint density at radius 3 is 2.71 bits per heavy atom. The molecule has 0 aromatic carbocycles. The molecule has 0 spiro atoms. The summed E-state index contributed by atoms with van der Waals surface area (Å²) in [4.78, 5) is 16.2. The van der Waals surface area contributed by atoms with E-state index in [2.05, 4.69) is 0 Å². The van der Waals surface area contributed by atoms with Gasteiger partial charge in [0.15, 0.2) is 0 Å². The topological polar surface area (TPSA) is 49.8 Å². The number of hydrogen-bond acceptors (Lipinski definition) is 4. The van der Waals surface area contributed by atoms with Gasteiger partial charge < -0.3 is 5.11 Å². The van der Waals surface area contributed by atoms with Crippen molar-refractivity contribution in [2.24, 2.45) is 0 Å². The third-order valence-electron chi connectivity index (χ3n) is 1.90. The summed E-state index contributed by atoms with van der Waals surface area (Å²) in [5.74, 6) is 1.81. The van der Waals surface area contributed by atoms with Crippen LogP contribution in [0.1, 0.15) is 33.6 Å². The molecule has 0 saturated carbocycles. The summed E-state index contributed by atoms with van der Waals surface area (Å²) >= 11 is 0. The van der Waals surface area contributed by atoms with Crippen molar-refractivity contribution in [3.05, 3.63) is 5.70 Å². The van der Waals surface area contributed by atoms with E-state index in [1.807, 2.05) is 26.7 Å². The Bertz CT molecular complexity index is 251. The lowest BCUT2D eigenvalue weighted by Gasteiger charge is -2.35. The molecule has 1 saturated heterocycles. The second-order valence-corrected chi connectivity index (χ2v) is 4.50. The number of aliphatic hydroxyl groups is 1. The predicted molar refractivity (Wildman–Crippen MR) is 52.0 cm³/mol. The standard InChI is InChI=1S/C10H17NO3/c1-10(2,3)14-11-5-4-9(13)6-8(11)7-12/h9,13H,4-6H2,1-3H3. The lowest BCUT2D eigenvalue weighted by Crippen LogP contribution is -2.39. The number of hydrogen-bond donors (Lipinski definition) is 1. The Kier molecular flexibility index (Phi) is 3.32. The van der Waals surface area contributed by atoms with E-state index in [1.54, 1.807) is 5.06 Å². The number of carbonyl (C=O) groups excluding carboxylic acids is 1. The van der Waals surface area contributed by atoms with Crippen molar-refractivity contribution in [2.75, 3.05) is 6.54 Å². The third-order valence-corrected chi connectivity index (χ3v) is 1.90. The summed E-state index contributed by atoms with van der Waals surface area (Å²) in [5, 5.41) is 10.9. The molecule has 14 heavy (non-hydrogen) atoms. The lowest BCUT2D eigenvalue weighted by molar-refractivity contribution is -0.218. The fraction of sp³-hybridized carbons (Fsp3) is 0.800. The van der Waals surface area contributed by atoms with Gasteiger partial charge in [0.2, 0.25) is 0 Å². The smallest absolute Gasteiger partial charge is 0.148 e. The van der Waals surface area contributed by atoms with E-state index < -0.39 is 6.10 Å². The van der Waals surface area contributed by atoms with Crippen LogP contribution in [0.25, 0.3) is 0 Å². The van der Waals surface area contributed by atoms with Gasteiger partial charge in [0.05, 0.1) is 11.7 Å². The van der Waals surface area contributed by atoms with Crippen LogP contribution >= 0.6 is 0 Å². The number of piperidine rings is 1. The second-order valence-electron chi connectivity index (χ2n) is 4.50. The summed E-state index contributed by atoms with van der Waals surface area (Å²) < 4.78 is 0. The van der Waals surface area contributed by atoms with Crippen LogP contribution in [0, 0.1) is 0 Å². The fourth-order valence-corrected chi connectivity index (χ4v) is 1.35. The van der Waals surface area contributed by atoms with Gasteiger partial charge in [-0.1, -0.05) is 0 Å². The normalized spacial score (nSPS) is 23.6. The predicted octanol–water partition coefficient (Wildman–Crippen LogP) is 0.889. The zero-order valence-electron chi connectivity index (χ0n) is 8.91. The van der Waals surface area contributed by atoms with E-state index in [0.717, 1.165) is 0 Å². The van der Waals surface area contributed by atoms with Crippen LogP contribution < -0.4 is 0 Å². The molecule has 1 rings (SSSR count). The summed E-state index contributed by atoms with van der Waals surface area (Å²) in [6, 6.07) is 0. The molecule has 4 nitrogen and oxygen atoms in total. The SMILES string of the molecule is CC(C)(C)ON1CCC(O)CC1=C=O. The van der Waals surface area contributed by atoms with Gasteiger partial charge in [0.1, 0.15) is 11.6 Å². The maximum Gasteiger partial charge on any atom is 0.148 e.